The lowest BCUT2D eigenvalue weighted by atomic mass is 10.7. The maximum atomic E-state index is 10.4. The lowest BCUT2D eigenvalue weighted by Gasteiger charge is -2.03. The van der Waals surface area contributed by atoms with Gasteiger partial charge in [0.15, 0.2) is 0 Å². The fourth-order valence-electron chi connectivity index (χ4n) is 0.244. The minimum absolute atomic E-state index is 1.02. The molecule has 0 saturated carbocycles. The Kier molecular flexibility index (Phi) is 2.76. The molecule has 0 aliphatic rings. The minimum atomic E-state index is -4.09. The molecule has 0 amide bonds. The number of nitrogens with one attached hydrogen (secondary N) is 1. The van der Waals surface area contributed by atoms with Gasteiger partial charge in [-0.15, -0.1) is 0 Å². The summed E-state index contributed by atoms with van der Waals surface area (Å²) in [7, 11) is -3.08. The van der Waals surface area contributed by atoms with Crippen molar-refractivity contribution in [3.63, 3.8) is 0 Å². The summed E-state index contributed by atoms with van der Waals surface area (Å²) in [6.07, 6.45) is 0. The first-order chi connectivity index (χ1) is 4.41. The van der Waals surface area contributed by atoms with E-state index in [0.717, 1.165) is 7.05 Å². The van der Waals surface area contributed by atoms with Gasteiger partial charge < -0.3 is 10.2 Å². The maximum Gasteiger partial charge on any atom is 0.350 e. The highest BCUT2D eigenvalue weighted by molar-refractivity contribution is 7.90. The zero-order chi connectivity index (χ0) is 8.36. The van der Waals surface area contributed by atoms with Gasteiger partial charge in [0, 0.05) is 0 Å². The molecule has 0 fully saturated rings. The Labute approximate surface area is 57.5 Å². The number of aliphatic hydroxyl groups is 1. The van der Waals surface area contributed by atoms with Gasteiger partial charge in [0.05, 0.1) is 0 Å². The first-order valence-corrected chi connectivity index (χ1v) is 3.79. The number of carboxylic acids is 1. The molecular weight excluding hydrogens is 162 g/mol. The molecule has 0 radical (unpaired) electrons. The topological polar surface area (TPSA) is 104 Å². The van der Waals surface area contributed by atoms with E-state index in [1.165, 1.54) is 0 Å². The van der Waals surface area contributed by atoms with Crippen molar-refractivity contribution in [3.05, 3.63) is 0 Å². The largest absolute Gasteiger partial charge is 0.478 e. The summed E-state index contributed by atoms with van der Waals surface area (Å²) >= 11 is 0. The number of sulfonamides is 1. The Bertz CT molecular complexity index is 219. The Morgan fingerprint density at radius 3 is 2.10 bits per heavy atom. The van der Waals surface area contributed by atoms with Crippen LogP contribution in [-0.4, -0.2) is 37.1 Å². The van der Waals surface area contributed by atoms with Crippen LogP contribution in [0.5, 0.6) is 0 Å². The van der Waals surface area contributed by atoms with E-state index in [1.54, 1.807) is 4.72 Å². The van der Waals surface area contributed by atoms with E-state index in [0.29, 0.717) is 0 Å². The van der Waals surface area contributed by atoms with E-state index >= 15 is 0 Å². The summed E-state index contributed by atoms with van der Waals surface area (Å²) in [4.78, 5) is 9.84. The molecule has 3 N–H and O–H groups in total. The van der Waals surface area contributed by atoms with E-state index < -0.39 is 21.4 Å². The van der Waals surface area contributed by atoms with Gasteiger partial charge in [-0.3, -0.25) is 0 Å². The van der Waals surface area contributed by atoms with Crippen molar-refractivity contribution < 1.29 is 23.4 Å². The predicted molar refractivity (Wildman–Crippen MR) is 31.6 cm³/mol. The van der Waals surface area contributed by atoms with Gasteiger partial charge in [-0.25, -0.2) is 17.9 Å². The van der Waals surface area contributed by atoms with Crippen LogP contribution >= 0.6 is 0 Å². The zero-order valence-electron chi connectivity index (χ0n) is 5.10. The third-order valence-corrected chi connectivity index (χ3v) is 2.15. The fourth-order valence-corrected chi connectivity index (χ4v) is 0.733. The highest BCUT2D eigenvalue weighted by Crippen LogP contribution is 1.92. The highest BCUT2D eigenvalue weighted by atomic mass is 32.2. The number of aliphatic hydroxyl groups excluding tert-OH is 1. The summed E-state index contributed by atoms with van der Waals surface area (Å²) in [6, 6.07) is 0. The first kappa shape index (κ1) is 9.34. The third-order valence-electron chi connectivity index (χ3n) is 0.790. The lowest BCUT2D eigenvalue weighted by Crippen LogP contribution is -2.37. The van der Waals surface area contributed by atoms with Crippen LogP contribution in [0, 0.1) is 0 Å². The van der Waals surface area contributed by atoms with Crippen molar-refractivity contribution in [2.75, 3.05) is 7.05 Å². The highest BCUT2D eigenvalue weighted by Gasteiger charge is 2.27. The standard InChI is InChI=1S/C3H7NO5S/c1-4-10(8,9)3(7)2(5)6/h3-4,7H,1H3,(H,5,6). The Balaban J connectivity index is 4.51. The normalized spacial score (nSPS) is 14.6. The van der Waals surface area contributed by atoms with Gasteiger partial charge in [0.2, 0.25) is 10.0 Å². The van der Waals surface area contributed by atoms with Crippen LogP contribution in [0.1, 0.15) is 0 Å². The van der Waals surface area contributed by atoms with Gasteiger partial charge in [0.25, 0.3) is 5.44 Å². The maximum absolute atomic E-state index is 10.4. The molecule has 0 heterocycles. The SMILES string of the molecule is CNS(=O)(=O)C(O)C(=O)O. The average Bonchev–Trinajstić information content (AvgIpc) is 1.86. The van der Waals surface area contributed by atoms with E-state index in [2.05, 4.69) is 0 Å². The molecule has 0 aliphatic heterocycles. The van der Waals surface area contributed by atoms with E-state index in [1.807, 2.05) is 0 Å². The van der Waals surface area contributed by atoms with Crippen LogP contribution in [0.3, 0.4) is 0 Å². The molecule has 0 aliphatic carbocycles. The molecule has 0 rings (SSSR count). The Morgan fingerprint density at radius 2 is 2.00 bits per heavy atom. The van der Waals surface area contributed by atoms with Crippen LogP contribution < -0.4 is 4.72 Å². The van der Waals surface area contributed by atoms with Crippen LogP contribution in [0.2, 0.25) is 0 Å². The van der Waals surface area contributed by atoms with E-state index in [4.69, 9.17) is 10.2 Å². The first-order valence-electron chi connectivity index (χ1n) is 2.25. The van der Waals surface area contributed by atoms with Crippen LogP contribution in [0.15, 0.2) is 0 Å². The average molecular weight is 169 g/mol. The van der Waals surface area contributed by atoms with Gasteiger partial charge in [-0.1, -0.05) is 0 Å². The van der Waals surface area contributed by atoms with Crippen molar-refractivity contribution >= 4 is 16.0 Å². The summed E-state index contributed by atoms with van der Waals surface area (Å²) in [6.45, 7) is 0. The number of carboxylic acid groups (broad SMARTS) is 1. The van der Waals surface area contributed by atoms with Crippen LogP contribution in [-0.2, 0) is 14.8 Å². The van der Waals surface area contributed by atoms with Gasteiger partial charge in [-0.2, -0.15) is 0 Å². The third kappa shape index (κ3) is 1.94. The monoisotopic (exact) mass is 169 g/mol. The molecule has 0 aromatic heterocycles. The second kappa shape index (κ2) is 2.95. The van der Waals surface area contributed by atoms with Gasteiger partial charge in [-0.05, 0) is 7.05 Å². The molecular formula is C3H7NO5S. The van der Waals surface area contributed by atoms with Crippen LogP contribution in [0.25, 0.3) is 0 Å². The van der Waals surface area contributed by atoms with E-state index in [9.17, 15) is 13.2 Å². The quantitative estimate of drug-likeness (QED) is 0.450. The molecule has 1 unspecified atom stereocenters. The molecule has 0 bridgehead atoms. The number of hydrogen-bond donors (Lipinski definition) is 3. The van der Waals surface area contributed by atoms with Crippen molar-refractivity contribution in [2.24, 2.45) is 0 Å². The number of rotatable bonds is 3. The molecule has 7 heteroatoms. The van der Waals surface area contributed by atoms with Gasteiger partial charge in [0.1, 0.15) is 0 Å². The minimum Gasteiger partial charge on any atom is -0.478 e. The van der Waals surface area contributed by atoms with Crippen molar-refractivity contribution in [2.45, 2.75) is 5.44 Å². The fraction of sp³-hybridized carbons (Fsp3) is 0.667. The second-order valence-corrected chi connectivity index (χ2v) is 3.38. The molecule has 10 heavy (non-hydrogen) atoms. The molecule has 0 aromatic carbocycles. The summed E-state index contributed by atoms with van der Waals surface area (Å²) in [5.41, 5.74) is -2.39. The Morgan fingerprint density at radius 1 is 1.60 bits per heavy atom. The molecule has 0 aromatic rings. The molecule has 1 atom stereocenters. The zero-order valence-corrected chi connectivity index (χ0v) is 5.92. The van der Waals surface area contributed by atoms with Crippen molar-refractivity contribution in [1.29, 1.82) is 0 Å². The smallest absolute Gasteiger partial charge is 0.350 e. The Hall–Kier alpha value is -0.660. The van der Waals surface area contributed by atoms with Crippen LogP contribution in [0.4, 0.5) is 0 Å². The second-order valence-electron chi connectivity index (χ2n) is 1.44. The predicted octanol–water partition coefficient (Wildman–Crippen LogP) is -2.06. The summed E-state index contributed by atoms with van der Waals surface area (Å²) in [5.74, 6) is -1.80. The molecule has 60 valence electrons. The van der Waals surface area contributed by atoms with Crippen molar-refractivity contribution in [3.8, 4) is 0 Å². The number of carbonyl (C=O) groups is 1. The van der Waals surface area contributed by atoms with Crippen molar-refractivity contribution in [1.82, 2.24) is 4.72 Å². The van der Waals surface area contributed by atoms with Gasteiger partial charge >= 0.3 is 5.97 Å². The molecule has 0 saturated heterocycles. The summed E-state index contributed by atoms with van der Waals surface area (Å²) in [5, 5.41) is 16.4. The number of aliphatic carboxylic acids is 1. The molecule has 0 spiro atoms. The lowest BCUT2D eigenvalue weighted by molar-refractivity contribution is -0.142. The molecule has 6 nitrogen and oxygen atoms in total. The summed E-state index contributed by atoms with van der Waals surface area (Å²) < 4.78 is 22.5. The van der Waals surface area contributed by atoms with E-state index in [-0.39, 0.29) is 0 Å². The number of hydrogen-bond acceptors (Lipinski definition) is 4.